The van der Waals surface area contributed by atoms with Gasteiger partial charge in [0.1, 0.15) is 5.78 Å². The maximum absolute atomic E-state index is 11.1. The van der Waals surface area contributed by atoms with E-state index in [1.165, 1.54) is 0 Å². The highest BCUT2D eigenvalue weighted by molar-refractivity contribution is 5.84. The zero-order valence-electron chi connectivity index (χ0n) is 6.22. The third-order valence-corrected chi connectivity index (χ3v) is 1.76. The van der Waals surface area contributed by atoms with Gasteiger partial charge in [-0.2, -0.15) is 0 Å². The highest BCUT2D eigenvalue weighted by Crippen LogP contribution is 2.16. The Labute approximate surface area is 60.9 Å². The molecule has 56 valence electrons. The molecule has 1 unspecified atom stereocenters. The van der Waals surface area contributed by atoms with Crippen LogP contribution in [0.25, 0.3) is 0 Å². The zero-order chi connectivity index (χ0) is 7.56. The summed E-state index contributed by atoms with van der Waals surface area (Å²) in [5.74, 6) is 0.243. The van der Waals surface area contributed by atoms with Crippen LogP contribution in [0.15, 0.2) is 12.2 Å². The van der Waals surface area contributed by atoms with Crippen molar-refractivity contribution in [3.05, 3.63) is 12.2 Å². The summed E-state index contributed by atoms with van der Waals surface area (Å²) >= 11 is 0. The van der Waals surface area contributed by atoms with E-state index in [-0.39, 0.29) is 11.7 Å². The molecule has 1 rings (SSSR count). The summed E-state index contributed by atoms with van der Waals surface area (Å²) in [5.41, 5.74) is 0.921. The molecule has 1 atom stereocenters. The molecule has 0 aromatic carbocycles. The van der Waals surface area contributed by atoms with Crippen LogP contribution < -0.4 is 0 Å². The van der Waals surface area contributed by atoms with Crippen LogP contribution in [0.4, 0.5) is 0 Å². The molecule has 10 heavy (non-hydrogen) atoms. The second-order valence-electron chi connectivity index (χ2n) is 2.69. The number of ether oxygens (including phenoxy) is 1. The predicted octanol–water partition coefficient (Wildman–Crippen LogP) is 1.17. The largest absolute Gasteiger partial charge is 0.380 e. The number of carbonyl (C=O) groups is 1. The van der Waals surface area contributed by atoms with E-state index < -0.39 is 0 Å². The topological polar surface area (TPSA) is 26.3 Å². The van der Waals surface area contributed by atoms with E-state index in [4.69, 9.17) is 4.74 Å². The molecule has 0 spiro atoms. The minimum Gasteiger partial charge on any atom is -0.380 e. The molecule has 0 bridgehead atoms. The van der Waals surface area contributed by atoms with E-state index in [0.717, 1.165) is 5.57 Å². The average Bonchev–Trinajstić information content (AvgIpc) is 1.88. The number of carbonyl (C=O) groups excluding carboxylic acids is 1. The molecule has 0 radical (unpaired) electrons. The number of Topliss-reactive ketones (excluding diaryl/α,β-unsaturated/α-hetero) is 1. The second-order valence-corrected chi connectivity index (χ2v) is 2.69. The fourth-order valence-electron chi connectivity index (χ4n) is 1.06. The van der Waals surface area contributed by atoms with Crippen molar-refractivity contribution < 1.29 is 9.53 Å². The Morgan fingerprint density at radius 1 is 1.80 bits per heavy atom. The molecule has 0 amide bonds. The Kier molecular flexibility index (Phi) is 2.22. The molecule has 2 nitrogen and oxygen atoms in total. The molecule has 1 heterocycles. The van der Waals surface area contributed by atoms with Crippen LogP contribution in [0.3, 0.4) is 0 Å². The van der Waals surface area contributed by atoms with Crippen LogP contribution >= 0.6 is 0 Å². The van der Waals surface area contributed by atoms with Gasteiger partial charge in [-0.05, 0) is 6.92 Å². The Morgan fingerprint density at radius 2 is 2.50 bits per heavy atom. The normalized spacial score (nSPS) is 26.5. The van der Waals surface area contributed by atoms with Crippen LogP contribution in [0.2, 0.25) is 0 Å². The van der Waals surface area contributed by atoms with E-state index >= 15 is 0 Å². The lowest BCUT2D eigenvalue weighted by Gasteiger charge is -2.20. The molecular formula is C8H12O2. The number of hydrogen-bond donors (Lipinski definition) is 0. The summed E-state index contributed by atoms with van der Waals surface area (Å²) in [4.78, 5) is 11.1. The first-order valence-corrected chi connectivity index (χ1v) is 3.47. The van der Waals surface area contributed by atoms with Gasteiger partial charge in [0.2, 0.25) is 0 Å². The minimum atomic E-state index is -0.0336. The van der Waals surface area contributed by atoms with Crippen molar-refractivity contribution in [2.45, 2.75) is 13.3 Å². The van der Waals surface area contributed by atoms with Crippen LogP contribution in [-0.4, -0.2) is 19.0 Å². The summed E-state index contributed by atoms with van der Waals surface area (Å²) in [6.45, 7) is 6.72. The van der Waals surface area contributed by atoms with Crippen LogP contribution in [0.1, 0.15) is 13.3 Å². The third-order valence-electron chi connectivity index (χ3n) is 1.76. The minimum absolute atomic E-state index is 0.0336. The monoisotopic (exact) mass is 140 g/mol. The fraction of sp³-hybridized carbons (Fsp3) is 0.625. The first-order chi connectivity index (χ1) is 4.72. The van der Waals surface area contributed by atoms with Gasteiger partial charge in [-0.25, -0.2) is 0 Å². The molecule has 1 fully saturated rings. The van der Waals surface area contributed by atoms with E-state index in [1.807, 2.05) is 6.92 Å². The number of hydrogen-bond acceptors (Lipinski definition) is 2. The summed E-state index contributed by atoms with van der Waals surface area (Å²) < 4.78 is 5.13. The SMILES string of the molecule is C=C(C)C1COCCC1=O. The summed E-state index contributed by atoms with van der Waals surface area (Å²) in [7, 11) is 0. The molecule has 0 aliphatic carbocycles. The molecule has 0 N–H and O–H groups in total. The fourth-order valence-corrected chi connectivity index (χ4v) is 1.06. The molecule has 0 aromatic heterocycles. The Bertz CT molecular complexity index is 161. The van der Waals surface area contributed by atoms with E-state index in [1.54, 1.807) is 0 Å². The van der Waals surface area contributed by atoms with Crippen molar-refractivity contribution in [3.63, 3.8) is 0 Å². The quantitative estimate of drug-likeness (QED) is 0.511. The Balaban J connectivity index is 2.56. The molecule has 1 saturated heterocycles. The van der Waals surface area contributed by atoms with Crippen molar-refractivity contribution in [1.29, 1.82) is 0 Å². The third kappa shape index (κ3) is 1.45. The summed E-state index contributed by atoms with van der Waals surface area (Å²) in [6, 6.07) is 0. The summed E-state index contributed by atoms with van der Waals surface area (Å²) in [5, 5.41) is 0. The van der Waals surface area contributed by atoms with Gasteiger partial charge in [0, 0.05) is 6.42 Å². The second kappa shape index (κ2) is 2.97. The van der Waals surface area contributed by atoms with Gasteiger partial charge in [-0.15, -0.1) is 0 Å². The van der Waals surface area contributed by atoms with E-state index in [9.17, 15) is 4.79 Å². The number of rotatable bonds is 1. The zero-order valence-corrected chi connectivity index (χ0v) is 6.22. The molecular weight excluding hydrogens is 128 g/mol. The maximum atomic E-state index is 11.1. The van der Waals surface area contributed by atoms with Crippen molar-refractivity contribution in [1.82, 2.24) is 0 Å². The van der Waals surface area contributed by atoms with Gasteiger partial charge in [0.05, 0.1) is 19.1 Å². The molecule has 1 aliphatic rings. The standard InChI is InChI=1S/C8H12O2/c1-6(2)7-5-10-4-3-8(7)9/h7H,1,3-5H2,2H3. The van der Waals surface area contributed by atoms with Gasteiger partial charge in [0.25, 0.3) is 0 Å². The average molecular weight is 140 g/mol. The lowest BCUT2D eigenvalue weighted by atomic mass is 9.94. The lowest BCUT2D eigenvalue weighted by Crippen LogP contribution is -2.27. The first-order valence-electron chi connectivity index (χ1n) is 3.47. The highest BCUT2D eigenvalue weighted by atomic mass is 16.5. The van der Waals surface area contributed by atoms with Crippen molar-refractivity contribution in [2.24, 2.45) is 5.92 Å². The smallest absolute Gasteiger partial charge is 0.144 e. The Morgan fingerprint density at radius 3 is 2.90 bits per heavy atom. The molecule has 2 heteroatoms. The van der Waals surface area contributed by atoms with Gasteiger partial charge in [0.15, 0.2) is 0 Å². The summed E-state index contributed by atoms with van der Waals surface area (Å²) in [6.07, 6.45) is 0.553. The predicted molar refractivity (Wildman–Crippen MR) is 38.7 cm³/mol. The van der Waals surface area contributed by atoms with Gasteiger partial charge < -0.3 is 4.74 Å². The van der Waals surface area contributed by atoms with Crippen LogP contribution in [0.5, 0.6) is 0 Å². The molecule has 0 aromatic rings. The van der Waals surface area contributed by atoms with Crippen LogP contribution in [0, 0.1) is 5.92 Å². The lowest BCUT2D eigenvalue weighted by molar-refractivity contribution is -0.128. The van der Waals surface area contributed by atoms with E-state index in [0.29, 0.717) is 19.6 Å². The Hall–Kier alpha value is -0.630. The van der Waals surface area contributed by atoms with Gasteiger partial charge >= 0.3 is 0 Å². The molecule has 0 saturated carbocycles. The van der Waals surface area contributed by atoms with Gasteiger partial charge in [-0.3, -0.25) is 4.79 Å². The van der Waals surface area contributed by atoms with Crippen molar-refractivity contribution in [2.75, 3.05) is 13.2 Å². The van der Waals surface area contributed by atoms with Crippen molar-refractivity contribution in [3.8, 4) is 0 Å². The molecule has 1 aliphatic heterocycles. The van der Waals surface area contributed by atoms with Crippen LogP contribution in [-0.2, 0) is 9.53 Å². The highest BCUT2D eigenvalue weighted by Gasteiger charge is 2.22. The van der Waals surface area contributed by atoms with Crippen molar-refractivity contribution >= 4 is 5.78 Å². The number of ketones is 1. The first kappa shape index (κ1) is 7.48. The van der Waals surface area contributed by atoms with E-state index in [2.05, 4.69) is 6.58 Å². The maximum Gasteiger partial charge on any atom is 0.144 e. The van der Waals surface area contributed by atoms with Gasteiger partial charge in [-0.1, -0.05) is 12.2 Å².